The van der Waals surface area contributed by atoms with E-state index < -0.39 is 12.1 Å². The third-order valence-electron chi connectivity index (χ3n) is 18.4. The van der Waals surface area contributed by atoms with Gasteiger partial charge in [0.25, 0.3) is 0 Å². The molecule has 0 fully saturated rings. The summed E-state index contributed by atoms with van der Waals surface area (Å²) in [5.41, 5.74) is 0. The van der Waals surface area contributed by atoms with Gasteiger partial charge >= 0.3 is 5.97 Å². The molecule has 6 nitrogen and oxygen atoms in total. The first-order chi connectivity index (χ1) is 42.5. The van der Waals surface area contributed by atoms with Crippen molar-refractivity contribution in [3.8, 4) is 0 Å². The van der Waals surface area contributed by atoms with Gasteiger partial charge in [-0.2, -0.15) is 0 Å². The second-order valence-electron chi connectivity index (χ2n) is 27.0. The molecule has 0 aliphatic heterocycles. The molecule has 0 saturated heterocycles. The molecule has 0 saturated carbocycles. The molecule has 3 N–H and O–H groups in total. The first-order valence-corrected chi connectivity index (χ1v) is 39.2. The van der Waals surface area contributed by atoms with Crippen molar-refractivity contribution in [2.45, 2.75) is 450 Å². The van der Waals surface area contributed by atoms with Gasteiger partial charge in [-0.15, -0.1) is 0 Å². The van der Waals surface area contributed by atoms with Crippen LogP contribution in [-0.4, -0.2) is 47.4 Å². The number of nitrogens with one attached hydrogen (secondary N) is 1. The second-order valence-corrected chi connectivity index (χ2v) is 27.0. The van der Waals surface area contributed by atoms with Crippen molar-refractivity contribution in [1.29, 1.82) is 0 Å². The van der Waals surface area contributed by atoms with Crippen LogP contribution in [0.4, 0.5) is 0 Å². The summed E-state index contributed by atoms with van der Waals surface area (Å²) in [6.07, 6.45) is 98.0. The number of esters is 1. The van der Waals surface area contributed by atoms with Crippen LogP contribution in [0, 0.1) is 0 Å². The fourth-order valence-corrected chi connectivity index (χ4v) is 12.4. The van der Waals surface area contributed by atoms with E-state index in [1.807, 2.05) is 0 Å². The standard InChI is InChI=1S/C80H153NO5/c1-3-5-7-9-11-13-15-17-19-21-22-23-24-32-35-38-41-44-48-52-56-60-64-68-72-78(83)77(76-82)81-79(84)73-69-65-61-57-53-49-45-42-39-36-33-30-28-26-25-27-29-31-34-37-40-43-47-51-55-59-63-67-71-75-86-80(85)74-70-66-62-58-54-50-46-20-18-16-14-12-10-8-6-4-2/h14,16,20,25,27,46,77-78,82-83H,3-13,15,17-19,21-24,26,28-45,47-76H2,1-2H3,(H,81,84)/b16-14-,27-25-,46-20-. The van der Waals surface area contributed by atoms with Crippen molar-refractivity contribution >= 4 is 11.9 Å². The fraction of sp³-hybridized carbons (Fsp3) is 0.900. The molecule has 0 aromatic rings. The number of hydrogen-bond donors (Lipinski definition) is 3. The van der Waals surface area contributed by atoms with Gasteiger partial charge in [0.15, 0.2) is 0 Å². The van der Waals surface area contributed by atoms with E-state index in [9.17, 15) is 19.8 Å². The van der Waals surface area contributed by atoms with E-state index in [1.54, 1.807) is 0 Å². The number of carbonyl (C=O) groups is 2. The summed E-state index contributed by atoms with van der Waals surface area (Å²) < 4.78 is 5.49. The van der Waals surface area contributed by atoms with Gasteiger partial charge < -0.3 is 20.3 Å². The van der Waals surface area contributed by atoms with E-state index in [1.165, 1.54) is 353 Å². The first-order valence-electron chi connectivity index (χ1n) is 39.2. The topological polar surface area (TPSA) is 95.9 Å². The minimum Gasteiger partial charge on any atom is -0.466 e. The highest BCUT2D eigenvalue weighted by molar-refractivity contribution is 5.76. The average Bonchev–Trinajstić information content (AvgIpc) is 3.53. The molecule has 0 spiro atoms. The highest BCUT2D eigenvalue weighted by Crippen LogP contribution is 2.20. The number of aliphatic hydroxyl groups excluding tert-OH is 2. The number of ether oxygens (including phenoxy) is 1. The van der Waals surface area contributed by atoms with Crippen LogP contribution in [0.2, 0.25) is 0 Å². The Hall–Kier alpha value is -1.92. The summed E-state index contributed by atoms with van der Waals surface area (Å²) in [5, 5.41) is 23.5. The van der Waals surface area contributed by atoms with Crippen LogP contribution in [0.1, 0.15) is 438 Å². The lowest BCUT2D eigenvalue weighted by molar-refractivity contribution is -0.143. The molecule has 0 aliphatic rings. The number of amides is 1. The van der Waals surface area contributed by atoms with Crippen molar-refractivity contribution in [3.05, 3.63) is 36.5 Å². The van der Waals surface area contributed by atoms with Crippen LogP contribution < -0.4 is 5.32 Å². The van der Waals surface area contributed by atoms with E-state index >= 15 is 0 Å². The molecular weight excluding hydrogens is 1050 g/mol. The van der Waals surface area contributed by atoms with Gasteiger partial charge in [0.2, 0.25) is 5.91 Å². The molecule has 0 bridgehead atoms. The Labute approximate surface area is 538 Å². The Balaban J connectivity index is 3.38. The number of carbonyl (C=O) groups excluding carboxylic acids is 2. The zero-order chi connectivity index (χ0) is 62.0. The Morgan fingerprint density at radius 2 is 0.581 bits per heavy atom. The monoisotopic (exact) mass is 1210 g/mol. The third kappa shape index (κ3) is 71.2. The number of unbranched alkanes of at least 4 members (excludes halogenated alkanes) is 57. The molecular formula is C80H153NO5. The predicted octanol–water partition coefficient (Wildman–Crippen LogP) is 25.8. The van der Waals surface area contributed by atoms with Gasteiger partial charge in [-0.25, -0.2) is 0 Å². The summed E-state index contributed by atoms with van der Waals surface area (Å²) in [6, 6.07) is -0.543. The van der Waals surface area contributed by atoms with E-state index in [2.05, 4.69) is 55.6 Å². The van der Waals surface area contributed by atoms with Crippen LogP contribution in [0.3, 0.4) is 0 Å². The van der Waals surface area contributed by atoms with Crippen molar-refractivity contribution < 1.29 is 24.5 Å². The van der Waals surface area contributed by atoms with Gasteiger partial charge in [0.05, 0.1) is 25.4 Å². The number of allylic oxidation sites excluding steroid dienone is 6. The van der Waals surface area contributed by atoms with Crippen LogP contribution >= 0.6 is 0 Å². The van der Waals surface area contributed by atoms with Gasteiger partial charge in [-0.05, 0) is 83.5 Å². The number of hydrogen-bond acceptors (Lipinski definition) is 5. The third-order valence-corrected chi connectivity index (χ3v) is 18.4. The van der Waals surface area contributed by atoms with Gasteiger partial charge in [0.1, 0.15) is 0 Å². The second kappa shape index (κ2) is 75.5. The van der Waals surface area contributed by atoms with Crippen molar-refractivity contribution in [1.82, 2.24) is 5.32 Å². The number of rotatable bonds is 74. The van der Waals surface area contributed by atoms with E-state index in [4.69, 9.17) is 4.74 Å². The summed E-state index contributed by atoms with van der Waals surface area (Å²) in [7, 11) is 0. The fourth-order valence-electron chi connectivity index (χ4n) is 12.4. The highest BCUT2D eigenvalue weighted by atomic mass is 16.5. The quantitative estimate of drug-likeness (QED) is 0.0320. The molecule has 0 aromatic carbocycles. The lowest BCUT2D eigenvalue weighted by Crippen LogP contribution is -2.45. The molecule has 0 rings (SSSR count). The van der Waals surface area contributed by atoms with E-state index in [0.717, 1.165) is 51.4 Å². The minimum atomic E-state index is -0.666. The molecule has 0 heterocycles. The van der Waals surface area contributed by atoms with Crippen molar-refractivity contribution in [2.75, 3.05) is 13.2 Å². The van der Waals surface area contributed by atoms with Crippen LogP contribution in [0.5, 0.6) is 0 Å². The normalized spacial score (nSPS) is 12.7. The van der Waals surface area contributed by atoms with Crippen molar-refractivity contribution in [2.24, 2.45) is 0 Å². The van der Waals surface area contributed by atoms with Gasteiger partial charge in [0, 0.05) is 12.8 Å². The Bertz CT molecular complexity index is 1390. The maximum Gasteiger partial charge on any atom is 0.305 e. The molecule has 6 heteroatoms. The largest absolute Gasteiger partial charge is 0.466 e. The maximum absolute atomic E-state index is 12.6. The minimum absolute atomic E-state index is 0.00381. The Morgan fingerprint density at radius 1 is 0.326 bits per heavy atom. The molecule has 0 aliphatic carbocycles. The molecule has 508 valence electrons. The van der Waals surface area contributed by atoms with Crippen LogP contribution in [-0.2, 0) is 14.3 Å². The molecule has 1 amide bonds. The van der Waals surface area contributed by atoms with Gasteiger partial charge in [-0.3, -0.25) is 9.59 Å². The van der Waals surface area contributed by atoms with Crippen LogP contribution in [0.25, 0.3) is 0 Å². The van der Waals surface area contributed by atoms with E-state index in [0.29, 0.717) is 25.9 Å². The molecule has 0 aromatic heterocycles. The molecule has 2 unspecified atom stereocenters. The summed E-state index contributed by atoms with van der Waals surface area (Å²) in [5.74, 6) is -0.0252. The molecule has 86 heavy (non-hydrogen) atoms. The van der Waals surface area contributed by atoms with Gasteiger partial charge in [-0.1, -0.05) is 378 Å². The lowest BCUT2D eigenvalue weighted by atomic mass is 10.0. The average molecular weight is 1210 g/mol. The Morgan fingerprint density at radius 3 is 0.907 bits per heavy atom. The SMILES string of the molecule is CCCCCC/C=C\C/C=C\CCCCCCCC(=O)OCCCCCCCCCCCCCC/C=C\CCCCCCCCCCCCCCCC(=O)NC(CO)C(O)CCCCCCCCCCCCCCCCCCCCCCCCCC. The van der Waals surface area contributed by atoms with Crippen molar-refractivity contribution in [3.63, 3.8) is 0 Å². The molecule has 2 atom stereocenters. The first kappa shape index (κ1) is 84.1. The smallest absolute Gasteiger partial charge is 0.305 e. The zero-order valence-electron chi connectivity index (χ0n) is 58.3. The summed E-state index contributed by atoms with van der Waals surface area (Å²) in [6.45, 7) is 4.97. The van der Waals surface area contributed by atoms with Crippen LogP contribution in [0.15, 0.2) is 36.5 Å². The highest BCUT2D eigenvalue weighted by Gasteiger charge is 2.20. The lowest BCUT2D eigenvalue weighted by Gasteiger charge is -2.22. The summed E-state index contributed by atoms with van der Waals surface area (Å²) >= 11 is 0. The number of aliphatic hydroxyl groups is 2. The van der Waals surface area contributed by atoms with E-state index in [-0.39, 0.29) is 18.5 Å². The zero-order valence-corrected chi connectivity index (χ0v) is 58.3. The molecule has 0 radical (unpaired) electrons. The predicted molar refractivity (Wildman–Crippen MR) is 379 cm³/mol. The maximum atomic E-state index is 12.6. The summed E-state index contributed by atoms with van der Waals surface area (Å²) in [4.78, 5) is 24.7. The Kier molecular flexibility index (Phi) is 73.9.